The molecule has 0 radical (unpaired) electrons. The van der Waals surface area contributed by atoms with Gasteiger partial charge in [0.05, 0.1) is 5.71 Å². The van der Waals surface area contributed by atoms with E-state index in [4.69, 9.17) is 5.84 Å². The minimum atomic E-state index is 0.0115. The van der Waals surface area contributed by atoms with Crippen LogP contribution in [0.2, 0.25) is 0 Å². The minimum Gasteiger partial charge on any atom is -0.388 e. The van der Waals surface area contributed by atoms with Gasteiger partial charge in [-0.3, -0.25) is 9.59 Å². The van der Waals surface area contributed by atoms with E-state index in [0.717, 1.165) is 22.4 Å². The number of carbonyl (C=O) groups is 2. The van der Waals surface area contributed by atoms with Crippen LogP contribution in [0.4, 0.5) is 5.69 Å². The third-order valence-electron chi connectivity index (χ3n) is 4.50. The summed E-state index contributed by atoms with van der Waals surface area (Å²) in [6.45, 7) is 2.29. The zero-order valence-electron chi connectivity index (χ0n) is 16.9. The molecule has 1 amide bonds. The molecule has 0 atom stereocenters. The Labute approximate surface area is 171 Å². The molecule has 4 N–H and O–H groups in total. The van der Waals surface area contributed by atoms with Crippen molar-refractivity contribution in [3.63, 3.8) is 0 Å². The second-order valence-corrected chi connectivity index (χ2v) is 6.59. The SMILES string of the molecule is CCC(=O)NCc1ccc(C(/C=C\C(=O)CCc2cccc(NC)c2)=N/N)cc1. The van der Waals surface area contributed by atoms with Gasteiger partial charge in [0.15, 0.2) is 5.78 Å². The Kier molecular flexibility index (Phi) is 8.63. The average molecular weight is 393 g/mol. The summed E-state index contributed by atoms with van der Waals surface area (Å²) < 4.78 is 0. The molecule has 0 heterocycles. The maximum Gasteiger partial charge on any atom is 0.219 e. The molecule has 0 saturated carbocycles. The summed E-state index contributed by atoms with van der Waals surface area (Å²) in [5.74, 6) is 5.53. The maximum absolute atomic E-state index is 12.2. The summed E-state index contributed by atoms with van der Waals surface area (Å²) in [6, 6.07) is 15.6. The van der Waals surface area contributed by atoms with Gasteiger partial charge < -0.3 is 16.5 Å². The van der Waals surface area contributed by atoms with Crippen LogP contribution >= 0.6 is 0 Å². The van der Waals surface area contributed by atoms with Crippen LogP contribution in [0.1, 0.15) is 36.5 Å². The van der Waals surface area contributed by atoms with Crippen molar-refractivity contribution in [2.45, 2.75) is 32.7 Å². The third kappa shape index (κ3) is 7.25. The molecule has 0 aliphatic carbocycles. The number of aryl methyl sites for hydroxylation is 1. The normalized spacial score (nSPS) is 11.4. The van der Waals surface area contributed by atoms with Crippen LogP contribution in [0.15, 0.2) is 65.8 Å². The molecule has 29 heavy (non-hydrogen) atoms. The van der Waals surface area contributed by atoms with Crippen LogP contribution < -0.4 is 16.5 Å². The predicted molar refractivity (Wildman–Crippen MR) is 118 cm³/mol. The maximum atomic E-state index is 12.2. The van der Waals surface area contributed by atoms with Gasteiger partial charge in [-0.25, -0.2) is 0 Å². The van der Waals surface area contributed by atoms with Crippen molar-refractivity contribution in [3.8, 4) is 0 Å². The fourth-order valence-electron chi connectivity index (χ4n) is 2.74. The Hall–Kier alpha value is -3.41. The zero-order chi connectivity index (χ0) is 21.1. The average Bonchev–Trinajstić information content (AvgIpc) is 2.77. The number of ketones is 1. The van der Waals surface area contributed by atoms with Crippen molar-refractivity contribution < 1.29 is 9.59 Å². The first-order valence-corrected chi connectivity index (χ1v) is 9.67. The lowest BCUT2D eigenvalue weighted by Crippen LogP contribution is -2.21. The van der Waals surface area contributed by atoms with E-state index in [2.05, 4.69) is 15.7 Å². The molecule has 6 heteroatoms. The number of rotatable bonds is 10. The zero-order valence-corrected chi connectivity index (χ0v) is 16.9. The number of benzene rings is 2. The highest BCUT2D eigenvalue weighted by atomic mass is 16.1. The Morgan fingerprint density at radius 1 is 1.07 bits per heavy atom. The van der Waals surface area contributed by atoms with Crippen molar-refractivity contribution >= 4 is 23.1 Å². The summed E-state index contributed by atoms with van der Waals surface area (Å²) in [7, 11) is 1.87. The van der Waals surface area contributed by atoms with Gasteiger partial charge in [-0.2, -0.15) is 5.10 Å². The molecule has 2 rings (SSSR count). The smallest absolute Gasteiger partial charge is 0.219 e. The van der Waals surface area contributed by atoms with E-state index < -0.39 is 0 Å². The number of hydrazone groups is 1. The third-order valence-corrected chi connectivity index (χ3v) is 4.50. The highest BCUT2D eigenvalue weighted by Crippen LogP contribution is 2.12. The Balaban J connectivity index is 1.91. The molecule has 0 unspecified atom stereocenters. The number of nitrogens with one attached hydrogen (secondary N) is 2. The van der Waals surface area contributed by atoms with Crippen LogP contribution in [0, 0.1) is 0 Å². The Bertz CT molecular complexity index is 886. The van der Waals surface area contributed by atoms with Crippen LogP contribution in [-0.2, 0) is 22.6 Å². The summed E-state index contributed by atoms with van der Waals surface area (Å²) in [6.07, 6.45) is 4.70. The first kappa shape index (κ1) is 21.9. The van der Waals surface area contributed by atoms with E-state index >= 15 is 0 Å². The van der Waals surface area contributed by atoms with Crippen molar-refractivity contribution in [3.05, 3.63) is 77.4 Å². The summed E-state index contributed by atoms with van der Waals surface area (Å²) in [5, 5.41) is 9.71. The van der Waals surface area contributed by atoms with Crippen molar-refractivity contribution in [1.82, 2.24) is 5.32 Å². The van der Waals surface area contributed by atoms with E-state index in [1.165, 1.54) is 6.08 Å². The molecule has 0 saturated heterocycles. The van der Waals surface area contributed by atoms with Crippen LogP contribution in [0.3, 0.4) is 0 Å². The topological polar surface area (TPSA) is 96.6 Å². The van der Waals surface area contributed by atoms with Crippen LogP contribution in [0.25, 0.3) is 0 Å². The van der Waals surface area contributed by atoms with Crippen molar-refractivity contribution in [1.29, 1.82) is 0 Å². The number of anilines is 1. The molecule has 0 aliphatic rings. The van der Waals surface area contributed by atoms with Gasteiger partial charge in [-0.05, 0) is 41.8 Å². The number of allylic oxidation sites excluding steroid dienone is 2. The molecule has 0 aliphatic heterocycles. The largest absolute Gasteiger partial charge is 0.388 e. The number of carbonyl (C=O) groups excluding carboxylic acids is 2. The lowest BCUT2D eigenvalue weighted by atomic mass is 10.0. The molecule has 152 valence electrons. The fourth-order valence-corrected chi connectivity index (χ4v) is 2.74. The number of hydrogen-bond donors (Lipinski definition) is 3. The fraction of sp³-hybridized carbons (Fsp3) is 0.261. The van der Waals surface area contributed by atoms with Gasteiger partial charge in [-0.15, -0.1) is 0 Å². The van der Waals surface area contributed by atoms with Crippen LogP contribution in [-0.4, -0.2) is 24.4 Å². The van der Waals surface area contributed by atoms with Gasteiger partial charge in [0, 0.05) is 37.7 Å². The molecule has 6 nitrogen and oxygen atoms in total. The lowest BCUT2D eigenvalue weighted by Gasteiger charge is -2.06. The Morgan fingerprint density at radius 2 is 1.83 bits per heavy atom. The number of nitrogens with two attached hydrogens (primary N) is 1. The first-order chi connectivity index (χ1) is 14.0. The molecule has 0 bridgehead atoms. The molecule has 0 aromatic heterocycles. The monoisotopic (exact) mass is 392 g/mol. The van der Waals surface area contributed by atoms with Gasteiger partial charge in [0.2, 0.25) is 5.91 Å². The second kappa shape index (κ2) is 11.4. The Morgan fingerprint density at radius 3 is 2.48 bits per heavy atom. The quantitative estimate of drug-likeness (QED) is 0.250. The number of nitrogens with zero attached hydrogens (tertiary/aromatic N) is 1. The standard InChI is InChI=1S/C23H28N4O2/c1-3-23(29)26-16-18-7-10-19(11-8-18)22(27-24)14-13-21(28)12-9-17-5-4-6-20(15-17)25-2/h4-8,10-11,13-15,25H,3,9,12,16,24H2,1-2H3,(H,26,29)/b14-13-,27-22+. The summed E-state index contributed by atoms with van der Waals surface area (Å²) in [4.78, 5) is 23.6. The number of amides is 1. The van der Waals surface area contributed by atoms with Gasteiger partial charge in [0.25, 0.3) is 0 Å². The number of hydrogen-bond acceptors (Lipinski definition) is 5. The van der Waals surface area contributed by atoms with Crippen LogP contribution in [0.5, 0.6) is 0 Å². The molecular weight excluding hydrogens is 364 g/mol. The van der Waals surface area contributed by atoms with Crippen molar-refractivity contribution in [2.75, 3.05) is 12.4 Å². The van der Waals surface area contributed by atoms with Gasteiger partial charge >= 0.3 is 0 Å². The van der Waals surface area contributed by atoms with E-state index in [0.29, 0.717) is 31.5 Å². The molecule has 2 aromatic carbocycles. The van der Waals surface area contributed by atoms with Gasteiger partial charge in [0.1, 0.15) is 0 Å². The molecule has 0 spiro atoms. The van der Waals surface area contributed by atoms with Crippen molar-refractivity contribution in [2.24, 2.45) is 10.9 Å². The molecular formula is C23H28N4O2. The molecule has 0 fully saturated rings. The molecule has 2 aromatic rings. The van der Waals surface area contributed by atoms with E-state index in [-0.39, 0.29) is 11.7 Å². The highest BCUT2D eigenvalue weighted by Gasteiger charge is 2.04. The van der Waals surface area contributed by atoms with E-state index in [1.807, 2.05) is 62.5 Å². The summed E-state index contributed by atoms with van der Waals surface area (Å²) >= 11 is 0. The van der Waals surface area contributed by atoms with E-state index in [9.17, 15) is 9.59 Å². The van der Waals surface area contributed by atoms with Gasteiger partial charge in [-0.1, -0.05) is 43.3 Å². The summed E-state index contributed by atoms with van der Waals surface area (Å²) in [5.41, 5.74) is 4.46. The highest BCUT2D eigenvalue weighted by molar-refractivity contribution is 6.11. The minimum absolute atomic E-state index is 0.0115. The van der Waals surface area contributed by atoms with E-state index in [1.54, 1.807) is 6.08 Å². The second-order valence-electron chi connectivity index (χ2n) is 6.59. The predicted octanol–water partition coefficient (Wildman–Crippen LogP) is 3.18. The lowest BCUT2D eigenvalue weighted by molar-refractivity contribution is -0.121. The first-order valence-electron chi connectivity index (χ1n) is 9.67.